The van der Waals surface area contributed by atoms with Gasteiger partial charge in [-0.3, -0.25) is 9.59 Å². The molecular formula is C45H73NO7. The van der Waals surface area contributed by atoms with Gasteiger partial charge in [-0.15, -0.1) is 0 Å². The highest BCUT2D eigenvalue weighted by Gasteiger charge is 2.25. The van der Waals surface area contributed by atoms with Gasteiger partial charge in [-0.2, -0.15) is 0 Å². The third kappa shape index (κ3) is 34.1. The molecule has 0 saturated carbocycles. The second kappa shape index (κ2) is 35.5. The van der Waals surface area contributed by atoms with Crippen LogP contribution < -0.4 is 5.11 Å². The Balaban J connectivity index is 4.57. The van der Waals surface area contributed by atoms with Gasteiger partial charge in [0.15, 0.2) is 6.10 Å². The predicted molar refractivity (Wildman–Crippen MR) is 217 cm³/mol. The van der Waals surface area contributed by atoms with Crippen molar-refractivity contribution in [3.8, 4) is 0 Å². The van der Waals surface area contributed by atoms with Crippen LogP contribution in [0, 0.1) is 0 Å². The minimum absolute atomic E-state index is 0.00123. The molecule has 0 N–H and O–H groups in total. The zero-order valence-electron chi connectivity index (χ0n) is 33.9. The summed E-state index contributed by atoms with van der Waals surface area (Å²) in [6.45, 7) is 4.38. The van der Waals surface area contributed by atoms with E-state index in [1.165, 1.54) is 25.7 Å². The fourth-order valence-electron chi connectivity index (χ4n) is 5.13. The molecule has 0 spiro atoms. The van der Waals surface area contributed by atoms with Gasteiger partial charge in [0, 0.05) is 19.3 Å². The van der Waals surface area contributed by atoms with Crippen molar-refractivity contribution in [2.24, 2.45) is 0 Å². The van der Waals surface area contributed by atoms with Gasteiger partial charge in [0.05, 0.1) is 40.3 Å². The molecule has 0 aromatic carbocycles. The summed E-state index contributed by atoms with van der Waals surface area (Å²) < 4.78 is 17.0. The zero-order chi connectivity index (χ0) is 39.3. The minimum atomic E-state index is -1.14. The molecule has 53 heavy (non-hydrogen) atoms. The highest BCUT2D eigenvalue weighted by molar-refractivity contribution is 5.70. The van der Waals surface area contributed by atoms with E-state index >= 15 is 0 Å². The van der Waals surface area contributed by atoms with E-state index in [0.29, 0.717) is 12.8 Å². The maximum absolute atomic E-state index is 12.7. The van der Waals surface area contributed by atoms with Gasteiger partial charge in [-0.25, -0.2) is 0 Å². The molecule has 2 unspecified atom stereocenters. The number of rotatable bonds is 34. The van der Waals surface area contributed by atoms with Crippen molar-refractivity contribution in [1.29, 1.82) is 0 Å². The summed E-state index contributed by atoms with van der Waals surface area (Å²) in [5, 5.41) is 11.6. The van der Waals surface area contributed by atoms with Crippen LogP contribution in [0.3, 0.4) is 0 Å². The Morgan fingerprint density at radius 1 is 0.585 bits per heavy atom. The van der Waals surface area contributed by atoms with Crippen LogP contribution in [-0.2, 0) is 28.6 Å². The smallest absolute Gasteiger partial charge is 0.306 e. The van der Waals surface area contributed by atoms with E-state index in [-0.39, 0.29) is 55.5 Å². The van der Waals surface area contributed by atoms with E-state index in [1.54, 1.807) is 21.1 Å². The SMILES string of the molecule is CC/C=C/C/C=C/C/C=C/CCCCC(=O)OCC(COCCC(C(=O)[O-])[N+](C)(C)C)OC(=O)CCC/C=C/C/C=C/C/C=C/C/C=C/CCCCC. The maximum atomic E-state index is 12.7. The first-order chi connectivity index (χ1) is 25.6. The first-order valence-electron chi connectivity index (χ1n) is 20.1. The summed E-state index contributed by atoms with van der Waals surface area (Å²) in [4.78, 5) is 36.7. The van der Waals surface area contributed by atoms with Crippen molar-refractivity contribution in [2.75, 3.05) is 41.0 Å². The van der Waals surface area contributed by atoms with Gasteiger partial charge in [0.2, 0.25) is 0 Å². The van der Waals surface area contributed by atoms with E-state index in [2.05, 4.69) is 98.9 Å². The summed E-state index contributed by atoms with van der Waals surface area (Å²) in [7, 11) is 5.36. The number of nitrogens with zero attached hydrogens (tertiary/aromatic N) is 1. The Morgan fingerprint density at radius 3 is 1.55 bits per heavy atom. The molecule has 0 bridgehead atoms. The Morgan fingerprint density at radius 2 is 1.06 bits per heavy atom. The zero-order valence-corrected chi connectivity index (χ0v) is 33.9. The van der Waals surface area contributed by atoms with Crippen molar-refractivity contribution in [2.45, 2.75) is 142 Å². The fraction of sp³-hybridized carbons (Fsp3) is 0.622. The van der Waals surface area contributed by atoms with Gasteiger partial charge in [-0.05, 0) is 83.5 Å². The third-order valence-electron chi connectivity index (χ3n) is 8.27. The molecule has 300 valence electrons. The maximum Gasteiger partial charge on any atom is 0.306 e. The first-order valence-corrected chi connectivity index (χ1v) is 20.1. The molecule has 0 aliphatic heterocycles. The molecular weight excluding hydrogens is 666 g/mol. The van der Waals surface area contributed by atoms with Crippen molar-refractivity contribution < 1.29 is 38.2 Å². The van der Waals surface area contributed by atoms with Crippen LogP contribution >= 0.6 is 0 Å². The number of allylic oxidation sites excluding steroid dienone is 14. The van der Waals surface area contributed by atoms with Crippen LogP contribution in [0.2, 0.25) is 0 Å². The number of quaternary nitrogens is 1. The number of hydrogen-bond acceptors (Lipinski definition) is 7. The van der Waals surface area contributed by atoms with Crippen LogP contribution in [0.15, 0.2) is 85.1 Å². The average molecular weight is 740 g/mol. The number of carboxylic acids is 1. The number of carbonyl (C=O) groups is 3. The lowest BCUT2D eigenvalue weighted by Gasteiger charge is -2.34. The number of hydrogen-bond donors (Lipinski definition) is 0. The Labute approximate surface area is 323 Å². The molecule has 8 nitrogen and oxygen atoms in total. The van der Waals surface area contributed by atoms with Crippen molar-refractivity contribution in [3.63, 3.8) is 0 Å². The quantitative estimate of drug-likeness (QED) is 0.0281. The third-order valence-corrected chi connectivity index (χ3v) is 8.27. The molecule has 0 fully saturated rings. The fourth-order valence-corrected chi connectivity index (χ4v) is 5.13. The summed E-state index contributed by atoms with van der Waals surface area (Å²) >= 11 is 0. The van der Waals surface area contributed by atoms with Crippen LogP contribution in [-0.4, -0.2) is 75.5 Å². The molecule has 0 radical (unpaired) electrons. The predicted octanol–water partition coefficient (Wildman–Crippen LogP) is 9.24. The Bertz CT molecular complexity index is 1140. The number of carboxylic acid groups (broad SMARTS) is 1. The van der Waals surface area contributed by atoms with Crippen LogP contribution in [0.5, 0.6) is 0 Å². The number of ether oxygens (including phenoxy) is 3. The number of likely N-dealkylation sites (N-methyl/N-ethyl adjacent to an activating group) is 1. The number of unbranched alkanes of at least 4 members (excludes halogenated alkanes) is 6. The Kier molecular flexibility index (Phi) is 33.2. The highest BCUT2D eigenvalue weighted by Crippen LogP contribution is 2.10. The molecule has 0 heterocycles. The minimum Gasteiger partial charge on any atom is -0.544 e. The van der Waals surface area contributed by atoms with Gasteiger partial charge < -0.3 is 28.6 Å². The van der Waals surface area contributed by atoms with E-state index < -0.39 is 18.1 Å². The lowest BCUT2D eigenvalue weighted by atomic mass is 10.1. The largest absolute Gasteiger partial charge is 0.544 e. The number of esters is 2. The summed E-state index contributed by atoms with van der Waals surface area (Å²) in [6, 6.07) is -0.745. The van der Waals surface area contributed by atoms with Crippen molar-refractivity contribution >= 4 is 17.9 Å². The summed E-state index contributed by atoms with van der Waals surface area (Å²) in [5.41, 5.74) is 0. The lowest BCUT2D eigenvalue weighted by molar-refractivity contribution is -0.889. The second-order valence-corrected chi connectivity index (χ2v) is 14.1. The van der Waals surface area contributed by atoms with Crippen molar-refractivity contribution in [1.82, 2.24) is 0 Å². The average Bonchev–Trinajstić information content (AvgIpc) is 3.11. The van der Waals surface area contributed by atoms with E-state index in [1.807, 2.05) is 0 Å². The van der Waals surface area contributed by atoms with E-state index in [9.17, 15) is 19.5 Å². The molecule has 0 saturated heterocycles. The van der Waals surface area contributed by atoms with Crippen LogP contribution in [0.1, 0.15) is 129 Å². The molecule has 0 rings (SSSR count). The standard InChI is InChI=1S/C45H73NO7/c1-6-8-10-12-14-16-18-20-21-22-23-24-26-28-30-32-34-36-44(48)53-41(39-51-38-37-42(45(49)50)46(3,4)5)40-52-43(47)35-33-31-29-27-25-19-17-15-13-11-9-7-2/h9,11,14-17,20-21,23-25,27-28,30,41-42H,6-8,10,12-13,18-19,22,26,29,31-40H2,1-5H3/b11-9+,16-14+,17-15+,21-20+,24-23+,27-25+,30-28+. The monoisotopic (exact) mass is 740 g/mol. The lowest BCUT2D eigenvalue weighted by Crippen LogP contribution is -2.55. The van der Waals surface area contributed by atoms with E-state index in [0.717, 1.165) is 57.8 Å². The molecule has 0 aromatic rings. The van der Waals surface area contributed by atoms with Gasteiger partial charge in [0.25, 0.3) is 0 Å². The van der Waals surface area contributed by atoms with Gasteiger partial charge >= 0.3 is 11.9 Å². The molecule has 0 aromatic heterocycles. The molecule has 2 atom stereocenters. The van der Waals surface area contributed by atoms with Crippen LogP contribution in [0.25, 0.3) is 0 Å². The second-order valence-electron chi connectivity index (χ2n) is 14.1. The molecule has 0 aliphatic rings. The van der Waals surface area contributed by atoms with Crippen LogP contribution in [0.4, 0.5) is 0 Å². The number of carbonyl (C=O) groups excluding carboxylic acids is 3. The topological polar surface area (TPSA) is 102 Å². The highest BCUT2D eigenvalue weighted by atomic mass is 16.6. The van der Waals surface area contributed by atoms with Gasteiger partial charge in [-0.1, -0.05) is 112 Å². The first kappa shape index (κ1) is 49.5. The Hall–Kier alpha value is -3.49. The van der Waals surface area contributed by atoms with Crippen molar-refractivity contribution in [3.05, 3.63) is 85.1 Å². The molecule has 0 aliphatic carbocycles. The molecule has 8 heteroatoms. The number of aliphatic carboxylic acids is 1. The summed E-state index contributed by atoms with van der Waals surface area (Å²) in [5.74, 6) is -1.88. The van der Waals surface area contributed by atoms with E-state index in [4.69, 9.17) is 14.2 Å². The summed E-state index contributed by atoms with van der Waals surface area (Å²) in [6.07, 6.45) is 44.8. The molecule has 0 amide bonds. The normalized spacial score (nSPS) is 13.9. The van der Waals surface area contributed by atoms with Gasteiger partial charge in [0.1, 0.15) is 12.6 Å².